The van der Waals surface area contributed by atoms with Crippen LogP contribution in [0.4, 0.5) is 5.69 Å². The van der Waals surface area contributed by atoms with Gasteiger partial charge in [-0.1, -0.05) is 30.7 Å². The predicted molar refractivity (Wildman–Crippen MR) is 110 cm³/mol. The summed E-state index contributed by atoms with van der Waals surface area (Å²) in [6.07, 6.45) is 4.23. The maximum absolute atomic E-state index is 12.8. The molecule has 146 valence electrons. The van der Waals surface area contributed by atoms with Crippen LogP contribution in [0.1, 0.15) is 40.1 Å². The van der Waals surface area contributed by atoms with Gasteiger partial charge in [0.1, 0.15) is 10.0 Å². The first-order valence-corrected chi connectivity index (χ1v) is 9.82. The van der Waals surface area contributed by atoms with Crippen molar-refractivity contribution in [1.82, 2.24) is 14.8 Å². The lowest BCUT2D eigenvalue weighted by atomic mass is 10.2. The number of aromatic nitrogens is 3. The van der Waals surface area contributed by atoms with Gasteiger partial charge in [-0.15, -0.1) is 11.3 Å². The molecule has 0 aliphatic carbocycles. The molecule has 7 nitrogen and oxygen atoms in total. The van der Waals surface area contributed by atoms with Crippen LogP contribution in [0.2, 0.25) is 5.02 Å². The van der Waals surface area contributed by atoms with Crippen molar-refractivity contribution < 1.29 is 9.53 Å². The normalized spacial score (nSPS) is 11.9. The molecule has 0 spiro atoms. The molecule has 1 unspecified atom stereocenters. The van der Waals surface area contributed by atoms with E-state index in [0.29, 0.717) is 11.4 Å². The lowest BCUT2D eigenvalue weighted by Crippen LogP contribution is -2.25. The van der Waals surface area contributed by atoms with E-state index in [1.807, 2.05) is 13.1 Å². The average molecular weight is 419 g/mol. The quantitative estimate of drug-likeness (QED) is 0.611. The molecule has 3 aromatic rings. The van der Waals surface area contributed by atoms with E-state index >= 15 is 0 Å². The minimum atomic E-state index is -0.563. The van der Waals surface area contributed by atoms with E-state index in [4.69, 9.17) is 16.3 Å². The van der Waals surface area contributed by atoms with E-state index in [1.165, 1.54) is 18.2 Å². The number of nitrogens with one attached hydrogen (secondary N) is 1. The van der Waals surface area contributed by atoms with E-state index < -0.39 is 11.5 Å². The molecule has 1 aromatic carbocycles. The van der Waals surface area contributed by atoms with Crippen LogP contribution in [0.5, 0.6) is 0 Å². The highest BCUT2D eigenvalue weighted by atomic mass is 35.5. The van der Waals surface area contributed by atoms with Crippen LogP contribution in [-0.4, -0.2) is 27.8 Å². The van der Waals surface area contributed by atoms with Crippen molar-refractivity contribution in [3.63, 3.8) is 0 Å². The third-order valence-corrected chi connectivity index (χ3v) is 5.81. The summed E-state index contributed by atoms with van der Waals surface area (Å²) in [5.41, 5.74) is 0.385. The number of esters is 1. The van der Waals surface area contributed by atoms with Gasteiger partial charge in [-0.3, -0.25) is 4.79 Å². The first-order valence-electron chi connectivity index (χ1n) is 8.63. The second kappa shape index (κ2) is 8.53. The summed E-state index contributed by atoms with van der Waals surface area (Å²) in [6.45, 7) is 4.01. The second-order valence-corrected chi connectivity index (χ2v) is 7.51. The molecule has 0 aliphatic heterocycles. The van der Waals surface area contributed by atoms with Gasteiger partial charge in [0.25, 0.3) is 5.56 Å². The van der Waals surface area contributed by atoms with Gasteiger partial charge in [0.05, 0.1) is 36.3 Å². The third kappa shape index (κ3) is 3.93. The fourth-order valence-corrected chi connectivity index (χ4v) is 3.67. The molecule has 1 atom stereocenters. The molecular weight excluding hydrogens is 400 g/mol. The molecule has 0 aliphatic rings. The van der Waals surface area contributed by atoms with Crippen LogP contribution < -0.4 is 10.9 Å². The standard InChI is InChI=1S/C19H19ClN4O3S/c1-4-12-9-21-17(28-12)11(2)23-14-10-22-24(18(25)16(14)20)15-8-6-5-7-13(15)19(26)27-3/h5-11,23H,4H2,1-3H3. The second-order valence-electron chi connectivity index (χ2n) is 5.98. The molecule has 0 amide bonds. The Morgan fingerprint density at radius 3 is 2.79 bits per heavy atom. The summed E-state index contributed by atoms with van der Waals surface area (Å²) in [5.74, 6) is -0.563. The monoisotopic (exact) mass is 418 g/mol. The molecule has 0 bridgehead atoms. The largest absolute Gasteiger partial charge is 0.465 e. The van der Waals surface area contributed by atoms with Crippen LogP contribution >= 0.6 is 22.9 Å². The van der Waals surface area contributed by atoms with Gasteiger partial charge in [0, 0.05) is 11.1 Å². The number of carbonyl (C=O) groups excluding carboxylic acids is 1. The van der Waals surface area contributed by atoms with Crippen LogP contribution in [-0.2, 0) is 11.2 Å². The van der Waals surface area contributed by atoms with Crippen molar-refractivity contribution >= 4 is 34.6 Å². The maximum atomic E-state index is 12.8. The highest BCUT2D eigenvalue weighted by Crippen LogP contribution is 2.26. The van der Waals surface area contributed by atoms with Gasteiger partial charge in [-0.05, 0) is 25.5 Å². The highest BCUT2D eigenvalue weighted by molar-refractivity contribution is 7.11. The Morgan fingerprint density at radius 1 is 1.36 bits per heavy atom. The van der Waals surface area contributed by atoms with E-state index in [-0.39, 0.29) is 16.6 Å². The fraction of sp³-hybridized carbons (Fsp3) is 0.263. The molecule has 0 radical (unpaired) electrons. The van der Waals surface area contributed by atoms with Crippen LogP contribution in [0, 0.1) is 0 Å². The molecule has 0 saturated carbocycles. The molecule has 0 saturated heterocycles. The number of hydrogen-bond acceptors (Lipinski definition) is 7. The van der Waals surface area contributed by atoms with E-state index in [1.54, 1.807) is 35.6 Å². The van der Waals surface area contributed by atoms with Crippen LogP contribution in [0.15, 0.2) is 41.5 Å². The Kier molecular flexibility index (Phi) is 6.11. The highest BCUT2D eigenvalue weighted by Gasteiger charge is 2.19. The van der Waals surface area contributed by atoms with Crippen molar-refractivity contribution in [2.45, 2.75) is 26.3 Å². The number of ether oxygens (including phenoxy) is 1. The number of thiazole rings is 1. The van der Waals surface area contributed by atoms with Crippen molar-refractivity contribution in [2.75, 3.05) is 12.4 Å². The Hall–Kier alpha value is -2.71. The van der Waals surface area contributed by atoms with Crippen LogP contribution in [0.3, 0.4) is 0 Å². The first kappa shape index (κ1) is 20.0. The Labute approximate surface area is 171 Å². The lowest BCUT2D eigenvalue weighted by molar-refractivity contribution is 0.0600. The predicted octanol–water partition coefficient (Wildman–Crippen LogP) is 3.86. The summed E-state index contributed by atoms with van der Waals surface area (Å²) in [7, 11) is 1.28. The molecule has 0 fully saturated rings. The zero-order valence-electron chi connectivity index (χ0n) is 15.6. The summed E-state index contributed by atoms with van der Waals surface area (Å²) in [5, 5.41) is 8.24. The van der Waals surface area contributed by atoms with E-state index in [0.717, 1.165) is 16.1 Å². The SMILES string of the molecule is CCc1cnc(C(C)Nc2cnn(-c3ccccc3C(=O)OC)c(=O)c2Cl)s1. The van der Waals surface area contributed by atoms with Crippen molar-refractivity contribution in [2.24, 2.45) is 0 Å². The van der Waals surface area contributed by atoms with Gasteiger partial charge >= 0.3 is 5.97 Å². The summed E-state index contributed by atoms with van der Waals surface area (Å²) < 4.78 is 5.86. The Morgan fingerprint density at radius 2 is 2.11 bits per heavy atom. The zero-order valence-corrected chi connectivity index (χ0v) is 17.2. The minimum Gasteiger partial charge on any atom is -0.465 e. The molecule has 28 heavy (non-hydrogen) atoms. The smallest absolute Gasteiger partial charge is 0.340 e. The van der Waals surface area contributed by atoms with Crippen LogP contribution in [0.25, 0.3) is 5.69 Å². The number of para-hydroxylation sites is 1. The van der Waals surface area contributed by atoms with E-state index in [2.05, 4.69) is 22.3 Å². The summed E-state index contributed by atoms with van der Waals surface area (Å²) in [6, 6.07) is 6.41. The molecule has 3 rings (SSSR count). The summed E-state index contributed by atoms with van der Waals surface area (Å²) >= 11 is 7.92. The number of rotatable bonds is 6. The van der Waals surface area contributed by atoms with Gasteiger partial charge in [-0.2, -0.15) is 9.78 Å². The lowest BCUT2D eigenvalue weighted by Gasteiger charge is -2.15. The van der Waals surface area contributed by atoms with Crippen molar-refractivity contribution in [3.05, 3.63) is 67.5 Å². The molecular formula is C19H19ClN4O3S. The minimum absolute atomic E-state index is 0.0196. The number of methoxy groups -OCH3 is 1. The summed E-state index contributed by atoms with van der Waals surface area (Å²) in [4.78, 5) is 30.3. The number of benzene rings is 1. The maximum Gasteiger partial charge on any atom is 0.340 e. The number of halogens is 1. The average Bonchev–Trinajstić information content (AvgIpc) is 3.20. The van der Waals surface area contributed by atoms with Crippen molar-refractivity contribution in [1.29, 1.82) is 0 Å². The third-order valence-electron chi connectivity index (χ3n) is 4.12. The number of carbonyl (C=O) groups is 1. The number of aryl methyl sites for hydroxylation is 1. The van der Waals surface area contributed by atoms with Gasteiger partial charge in [0.15, 0.2) is 0 Å². The molecule has 1 N–H and O–H groups in total. The van der Waals surface area contributed by atoms with E-state index in [9.17, 15) is 9.59 Å². The Balaban J connectivity index is 1.94. The fourth-order valence-electron chi connectivity index (χ4n) is 2.63. The molecule has 2 aromatic heterocycles. The first-order chi connectivity index (χ1) is 13.5. The van der Waals surface area contributed by atoms with Crippen molar-refractivity contribution in [3.8, 4) is 5.69 Å². The number of nitrogens with zero attached hydrogens (tertiary/aromatic N) is 3. The number of hydrogen-bond donors (Lipinski definition) is 1. The molecule has 9 heteroatoms. The number of anilines is 1. The van der Waals surface area contributed by atoms with Gasteiger partial charge in [0.2, 0.25) is 0 Å². The van der Waals surface area contributed by atoms with Gasteiger partial charge < -0.3 is 10.1 Å². The van der Waals surface area contributed by atoms with Gasteiger partial charge in [-0.25, -0.2) is 9.78 Å². The zero-order chi connectivity index (χ0) is 20.3. The molecule has 2 heterocycles. The Bertz CT molecular complexity index is 1060. The topological polar surface area (TPSA) is 86.1 Å².